The van der Waals surface area contributed by atoms with Crippen LogP contribution in [0, 0.1) is 0 Å². The molecule has 2 aromatic heterocycles. The van der Waals surface area contributed by atoms with Crippen LogP contribution in [0.1, 0.15) is 12.8 Å². The molecule has 1 saturated heterocycles. The molecule has 164 valence electrons. The highest BCUT2D eigenvalue weighted by atomic mass is 35.5. The summed E-state index contributed by atoms with van der Waals surface area (Å²) >= 11 is 13.9. The van der Waals surface area contributed by atoms with E-state index < -0.39 is 0 Å². The number of aromatic nitrogens is 2. The fourth-order valence-corrected chi connectivity index (χ4v) is 5.30. The molecular weight excluding hydrogens is 465 g/mol. The summed E-state index contributed by atoms with van der Waals surface area (Å²) < 4.78 is 7.98. The average molecular weight is 486 g/mol. The van der Waals surface area contributed by atoms with Gasteiger partial charge in [0.15, 0.2) is 0 Å². The smallest absolute Gasteiger partial charge is 0.275 e. The van der Waals surface area contributed by atoms with Crippen molar-refractivity contribution in [3.05, 3.63) is 75.3 Å². The molecule has 8 heteroatoms. The van der Waals surface area contributed by atoms with Crippen molar-refractivity contribution in [2.45, 2.75) is 12.8 Å². The van der Waals surface area contributed by atoms with Gasteiger partial charge in [0, 0.05) is 16.4 Å². The van der Waals surface area contributed by atoms with Gasteiger partial charge in [-0.2, -0.15) is 0 Å². The van der Waals surface area contributed by atoms with Crippen LogP contribution in [0.25, 0.3) is 26.3 Å². The summed E-state index contributed by atoms with van der Waals surface area (Å²) in [4.78, 5) is 21.0. The number of fused-ring (bicyclic) bond motifs is 1. The molecule has 4 aromatic rings. The van der Waals surface area contributed by atoms with Crippen LogP contribution in [0.2, 0.25) is 10.0 Å². The highest BCUT2D eigenvalue weighted by Crippen LogP contribution is 2.32. The van der Waals surface area contributed by atoms with Gasteiger partial charge in [-0.05, 0) is 67.9 Å². The third kappa shape index (κ3) is 4.41. The lowest BCUT2D eigenvalue weighted by Crippen LogP contribution is -2.25. The number of hydrogen-bond acceptors (Lipinski definition) is 5. The van der Waals surface area contributed by atoms with Crippen molar-refractivity contribution in [1.29, 1.82) is 0 Å². The zero-order valence-corrected chi connectivity index (χ0v) is 19.6. The van der Waals surface area contributed by atoms with E-state index in [1.54, 1.807) is 12.4 Å². The fourth-order valence-electron chi connectivity index (χ4n) is 3.90. The third-order valence-corrected chi connectivity index (χ3v) is 7.33. The monoisotopic (exact) mass is 485 g/mol. The van der Waals surface area contributed by atoms with E-state index in [1.807, 2.05) is 42.5 Å². The van der Waals surface area contributed by atoms with Crippen LogP contribution in [0.5, 0.6) is 5.75 Å². The Morgan fingerprint density at radius 1 is 1.03 bits per heavy atom. The van der Waals surface area contributed by atoms with Crippen LogP contribution in [0.3, 0.4) is 0 Å². The molecule has 5 nitrogen and oxygen atoms in total. The minimum atomic E-state index is -0.126. The zero-order valence-electron chi connectivity index (χ0n) is 17.3. The second-order valence-corrected chi connectivity index (χ2v) is 9.66. The molecule has 0 radical (unpaired) electrons. The molecule has 1 aliphatic rings. The first-order valence-electron chi connectivity index (χ1n) is 10.5. The van der Waals surface area contributed by atoms with Crippen LogP contribution in [-0.4, -0.2) is 40.7 Å². The molecule has 0 unspecified atom stereocenters. The lowest BCUT2D eigenvalue weighted by Gasteiger charge is -2.16. The van der Waals surface area contributed by atoms with Crippen LogP contribution in [0.15, 0.2) is 59.7 Å². The zero-order chi connectivity index (χ0) is 22.1. The van der Waals surface area contributed by atoms with E-state index in [9.17, 15) is 4.79 Å². The Morgan fingerprint density at radius 2 is 1.81 bits per heavy atom. The predicted molar refractivity (Wildman–Crippen MR) is 132 cm³/mol. The SMILES string of the molecule is O=c1c2sc(-c3ccc(Cl)cc3)cc2ncn1-c1ccc(OCCN2CCCC2)c(Cl)c1. The van der Waals surface area contributed by atoms with Gasteiger partial charge in [-0.3, -0.25) is 14.3 Å². The standard InChI is InChI=1S/C24H21Cl2N3O2S/c25-17-5-3-16(4-6-17)22-14-20-23(32-22)24(30)29(15-27-20)18-7-8-21(19(26)13-18)31-12-11-28-9-1-2-10-28/h3-8,13-15H,1-2,9-12H2. The first kappa shape index (κ1) is 21.5. The van der Waals surface area contributed by atoms with E-state index in [0.29, 0.717) is 38.3 Å². The van der Waals surface area contributed by atoms with Gasteiger partial charge >= 0.3 is 0 Å². The van der Waals surface area contributed by atoms with Crippen LogP contribution >= 0.6 is 34.5 Å². The molecule has 32 heavy (non-hydrogen) atoms. The lowest BCUT2D eigenvalue weighted by molar-refractivity contribution is 0.238. The normalized spacial score (nSPS) is 14.3. The second kappa shape index (κ2) is 9.24. The lowest BCUT2D eigenvalue weighted by atomic mass is 10.2. The van der Waals surface area contributed by atoms with Crippen molar-refractivity contribution in [3.8, 4) is 21.9 Å². The average Bonchev–Trinajstić information content (AvgIpc) is 3.46. The van der Waals surface area contributed by atoms with Gasteiger partial charge < -0.3 is 4.74 Å². The molecule has 3 heterocycles. The minimum Gasteiger partial charge on any atom is -0.491 e. The number of ether oxygens (including phenoxy) is 1. The Morgan fingerprint density at radius 3 is 2.56 bits per heavy atom. The van der Waals surface area contributed by atoms with Crippen LogP contribution < -0.4 is 10.3 Å². The molecule has 2 aromatic carbocycles. The maximum Gasteiger partial charge on any atom is 0.275 e. The number of nitrogens with zero attached hydrogens (tertiary/aromatic N) is 3. The first-order valence-corrected chi connectivity index (χ1v) is 12.1. The number of hydrogen-bond donors (Lipinski definition) is 0. The number of rotatable bonds is 6. The van der Waals surface area contributed by atoms with Crippen LogP contribution in [0.4, 0.5) is 0 Å². The summed E-state index contributed by atoms with van der Waals surface area (Å²) in [5.74, 6) is 0.623. The van der Waals surface area contributed by atoms with E-state index >= 15 is 0 Å². The fraction of sp³-hybridized carbons (Fsp3) is 0.250. The van der Waals surface area contributed by atoms with Crippen LogP contribution in [-0.2, 0) is 0 Å². The Labute approximate surface area is 199 Å². The van der Waals surface area contributed by atoms with E-state index in [-0.39, 0.29) is 5.56 Å². The summed E-state index contributed by atoms with van der Waals surface area (Å²) in [6.45, 7) is 3.76. The Kier molecular flexibility index (Phi) is 6.20. The molecule has 5 rings (SSSR count). The molecule has 1 aliphatic heterocycles. The van der Waals surface area contributed by atoms with E-state index in [4.69, 9.17) is 27.9 Å². The number of thiophene rings is 1. The highest BCUT2D eigenvalue weighted by molar-refractivity contribution is 7.22. The van der Waals surface area contributed by atoms with E-state index in [1.165, 1.54) is 28.7 Å². The Bertz CT molecular complexity index is 1310. The van der Waals surface area contributed by atoms with Gasteiger partial charge in [0.1, 0.15) is 23.4 Å². The van der Waals surface area contributed by atoms with Gasteiger partial charge in [0.2, 0.25) is 0 Å². The summed E-state index contributed by atoms with van der Waals surface area (Å²) in [5, 5.41) is 1.15. The van der Waals surface area contributed by atoms with Crippen molar-refractivity contribution >= 4 is 44.8 Å². The van der Waals surface area contributed by atoms with Crippen molar-refractivity contribution in [1.82, 2.24) is 14.5 Å². The number of benzene rings is 2. The van der Waals surface area contributed by atoms with Gasteiger partial charge in [0.25, 0.3) is 5.56 Å². The molecule has 0 saturated carbocycles. The summed E-state index contributed by atoms with van der Waals surface area (Å²) in [6.07, 6.45) is 4.06. The second-order valence-electron chi connectivity index (χ2n) is 7.76. The van der Waals surface area contributed by atoms with E-state index in [0.717, 1.165) is 30.1 Å². The Balaban J connectivity index is 1.39. The third-order valence-electron chi connectivity index (χ3n) is 5.62. The van der Waals surface area contributed by atoms with Crippen molar-refractivity contribution in [2.75, 3.05) is 26.2 Å². The van der Waals surface area contributed by atoms with E-state index in [2.05, 4.69) is 9.88 Å². The maximum absolute atomic E-state index is 13.2. The van der Waals surface area contributed by atoms with Crippen molar-refractivity contribution in [3.63, 3.8) is 0 Å². The number of likely N-dealkylation sites (tertiary alicyclic amines) is 1. The van der Waals surface area contributed by atoms with Gasteiger partial charge in [0.05, 0.1) is 16.2 Å². The topological polar surface area (TPSA) is 47.4 Å². The van der Waals surface area contributed by atoms with Gasteiger partial charge in [-0.1, -0.05) is 35.3 Å². The molecule has 0 atom stereocenters. The molecule has 0 N–H and O–H groups in total. The highest BCUT2D eigenvalue weighted by Gasteiger charge is 2.14. The molecule has 0 aliphatic carbocycles. The first-order chi connectivity index (χ1) is 15.6. The summed E-state index contributed by atoms with van der Waals surface area (Å²) in [5.41, 5.74) is 2.21. The van der Waals surface area contributed by atoms with Gasteiger partial charge in [-0.15, -0.1) is 11.3 Å². The minimum absolute atomic E-state index is 0.126. The molecule has 0 spiro atoms. The molecule has 0 bridgehead atoms. The largest absolute Gasteiger partial charge is 0.491 e. The molecular formula is C24H21Cl2N3O2S. The van der Waals surface area contributed by atoms with Crippen molar-refractivity contribution in [2.24, 2.45) is 0 Å². The summed E-state index contributed by atoms with van der Waals surface area (Å²) in [7, 11) is 0. The summed E-state index contributed by atoms with van der Waals surface area (Å²) in [6, 6.07) is 14.9. The Hall–Kier alpha value is -2.38. The number of halogens is 2. The van der Waals surface area contributed by atoms with Gasteiger partial charge in [-0.25, -0.2) is 4.98 Å². The molecule has 0 amide bonds. The van der Waals surface area contributed by atoms with Crippen molar-refractivity contribution < 1.29 is 4.74 Å². The quantitative estimate of drug-likeness (QED) is 0.341. The predicted octanol–water partition coefficient (Wildman–Crippen LogP) is 5.90. The maximum atomic E-state index is 13.2. The molecule has 1 fully saturated rings.